The van der Waals surface area contributed by atoms with E-state index in [1.165, 1.54) is 30.4 Å². The van der Waals surface area contributed by atoms with E-state index in [9.17, 15) is 9.90 Å². The number of ketones is 1. The normalized spacial score (nSPS) is 28.9. The van der Waals surface area contributed by atoms with E-state index < -0.39 is 0 Å². The minimum atomic E-state index is 0.200. The van der Waals surface area contributed by atoms with E-state index in [1.807, 2.05) is 12.1 Å². The van der Waals surface area contributed by atoms with Gasteiger partial charge in [-0.3, -0.25) is 4.79 Å². The van der Waals surface area contributed by atoms with Crippen LogP contribution in [-0.2, 0) is 16.6 Å². The molecule has 1 aromatic carbocycles. The Bertz CT molecular complexity index is 520. The molecule has 2 aliphatic carbocycles. The molecule has 0 radical (unpaired) electrons. The molecule has 1 saturated carbocycles. The van der Waals surface area contributed by atoms with E-state index in [2.05, 4.69) is 13.0 Å². The SMILES string of the molecule is CCCCC12CCC(=O)CC1CCc1cc(O)ccc12. The number of carbonyl (C=O) groups excluding carboxylic acids is 1. The first-order chi connectivity index (χ1) is 9.65. The maximum atomic E-state index is 11.9. The number of benzene rings is 1. The molecule has 2 atom stereocenters. The van der Waals surface area contributed by atoms with Crippen molar-refractivity contribution in [1.29, 1.82) is 0 Å². The Morgan fingerprint density at radius 1 is 1.35 bits per heavy atom. The summed E-state index contributed by atoms with van der Waals surface area (Å²) in [7, 11) is 0. The van der Waals surface area contributed by atoms with Gasteiger partial charge in [-0.05, 0) is 60.3 Å². The largest absolute Gasteiger partial charge is 0.508 e. The molecule has 108 valence electrons. The summed E-state index contributed by atoms with van der Waals surface area (Å²) in [6.45, 7) is 2.24. The molecule has 20 heavy (non-hydrogen) atoms. The summed E-state index contributed by atoms with van der Waals surface area (Å²) in [4.78, 5) is 11.9. The number of aromatic hydroxyl groups is 1. The van der Waals surface area contributed by atoms with Gasteiger partial charge in [0, 0.05) is 12.8 Å². The average molecular weight is 272 g/mol. The lowest BCUT2D eigenvalue weighted by Gasteiger charge is -2.48. The van der Waals surface area contributed by atoms with Crippen molar-refractivity contribution in [2.75, 3.05) is 0 Å². The Labute approximate surface area is 121 Å². The number of rotatable bonds is 3. The lowest BCUT2D eigenvalue weighted by Crippen LogP contribution is -2.44. The van der Waals surface area contributed by atoms with Crippen LogP contribution in [0.1, 0.15) is 63.0 Å². The first kappa shape index (κ1) is 13.7. The van der Waals surface area contributed by atoms with Gasteiger partial charge in [-0.15, -0.1) is 0 Å². The van der Waals surface area contributed by atoms with Gasteiger partial charge >= 0.3 is 0 Å². The van der Waals surface area contributed by atoms with Crippen molar-refractivity contribution >= 4 is 5.78 Å². The molecule has 1 aromatic rings. The lowest BCUT2D eigenvalue weighted by molar-refractivity contribution is -0.123. The van der Waals surface area contributed by atoms with Gasteiger partial charge in [-0.2, -0.15) is 0 Å². The molecule has 2 aliphatic rings. The van der Waals surface area contributed by atoms with Crippen molar-refractivity contribution in [3.8, 4) is 5.75 Å². The molecule has 0 saturated heterocycles. The second-order valence-electron chi connectivity index (χ2n) is 6.58. The number of carbonyl (C=O) groups is 1. The van der Waals surface area contributed by atoms with E-state index in [4.69, 9.17) is 0 Å². The first-order valence-electron chi connectivity index (χ1n) is 8.00. The molecule has 0 amide bonds. The highest BCUT2D eigenvalue weighted by Gasteiger charge is 2.46. The quantitative estimate of drug-likeness (QED) is 0.898. The molecule has 2 unspecified atom stereocenters. The fourth-order valence-corrected chi connectivity index (χ4v) is 4.43. The molecule has 2 nitrogen and oxygen atoms in total. The van der Waals surface area contributed by atoms with E-state index in [0.717, 1.165) is 32.1 Å². The summed E-state index contributed by atoms with van der Waals surface area (Å²) in [5.74, 6) is 1.34. The Morgan fingerprint density at radius 3 is 3.00 bits per heavy atom. The smallest absolute Gasteiger partial charge is 0.133 e. The van der Waals surface area contributed by atoms with E-state index in [1.54, 1.807) is 0 Å². The third-order valence-electron chi connectivity index (χ3n) is 5.47. The maximum absolute atomic E-state index is 11.9. The van der Waals surface area contributed by atoms with Crippen LogP contribution in [-0.4, -0.2) is 10.9 Å². The third kappa shape index (κ3) is 2.15. The van der Waals surface area contributed by atoms with Crippen LogP contribution in [0.5, 0.6) is 5.75 Å². The molecule has 1 N–H and O–H groups in total. The van der Waals surface area contributed by atoms with E-state index >= 15 is 0 Å². The Balaban J connectivity index is 2.04. The molecular weight excluding hydrogens is 248 g/mol. The average Bonchev–Trinajstić information content (AvgIpc) is 2.45. The van der Waals surface area contributed by atoms with Crippen LogP contribution >= 0.6 is 0 Å². The van der Waals surface area contributed by atoms with Crippen molar-refractivity contribution in [3.05, 3.63) is 29.3 Å². The van der Waals surface area contributed by atoms with Crippen molar-refractivity contribution in [2.24, 2.45) is 5.92 Å². The topological polar surface area (TPSA) is 37.3 Å². The number of Topliss-reactive ketones (excluding diaryl/α,β-unsaturated/α-hetero) is 1. The van der Waals surface area contributed by atoms with Crippen molar-refractivity contribution in [2.45, 2.75) is 63.7 Å². The molecule has 3 rings (SSSR count). The van der Waals surface area contributed by atoms with Gasteiger partial charge in [0.05, 0.1) is 0 Å². The van der Waals surface area contributed by atoms with Crippen molar-refractivity contribution < 1.29 is 9.90 Å². The Kier molecular flexibility index (Phi) is 3.57. The van der Waals surface area contributed by atoms with Crippen LogP contribution in [0.25, 0.3) is 0 Å². The zero-order chi connectivity index (χ0) is 14.2. The molecule has 1 fully saturated rings. The number of aryl methyl sites for hydroxylation is 1. The molecular formula is C18H24O2. The summed E-state index contributed by atoms with van der Waals surface area (Å²) >= 11 is 0. The zero-order valence-corrected chi connectivity index (χ0v) is 12.3. The number of fused-ring (bicyclic) bond motifs is 3. The zero-order valence-electron chi connectivity index (χ0n) is 12.3. The molecule has 0 aliphatic heterocycles. The maximum Gasteiger partial charge on any atom is 0.133 e. The van der Waals surface area contributed by atoms with Gasteiger partial charge in [0.25, 0.3) is 0 Å². The van der Waals surface area contributed by atoms with Crippen LogP contribution in [0.2, 0.25) is 0 Å². The predicted molar refractivity (Wildman–Crippen MR) is 80.0 cm³/mol. The van der Waals surface area contributed by atoms with Gasteiger partial charge < -0.3 is 5.11 Å². The van der Waals surface area contributed by atoms with Gasteiger partial charge in [0.15, 0.2) is 0 Å². The summed E-state index contributed by atoms with van der Waals surface area (Å²) in [5, 5.41) is 9.73. The number of phenolic OH excluding ortho intramolecular Hbond substituents is 1. The highest BCUT2D eigenvalue weighted by atomic mass is 16.3. The molecule has 0 bridgehead atoms. The van der Waals surface area contributed by atoms with Gasteiger partial charge in [0.2, 0.25) is 0 Å². The van der Waals surface area contributed by atoms with Gasteiger partial charge in [-0.25, -0.2) is 0 Å². The molecule has 0 heterocycles. The van der Waals surface area contributed by atoms with Crippen LogP contribution in [0.3, 0.4) is 0 Å². The minimum Gasteiger partial charge on any atom is -0.508 e. The first-order valence-corrected chi connectivity index (χ1v) is 8.00. The van der Waals surface area contributed by atoms with Crippen LogP contribution < -0.4 is 0 Å². The number of unbranched alkanes of at least 4 members (excludes halogenated alkanes) is 1. The predicted octanol–water partition coefficient (Wildman–Crippen LogP) is 4.14. The monoisotopic (exact) mass is 272 g/mol. The number of hydrogen-bond acceptors (Lipinski definition) is 2. The second kappa shape index (κ2) is 5.23. The van der Waals surface area contributed by atoms with E-state index in [0.29, 0.717) is 17.5 Å². The number of hydrogen-bond donors (Lipinski definition) is 1. The highest BCUT2D eigenvalue weighted by Crippen LogP contribution is 2.52. The van der Waals surface area contributed by atoms with E-state index in [-0.39, 0.29) is 5.41 Å². The summed E-state index contributed by atoms with van der Waals surface area (Å²) in [5.41, 5.74) is 2.93. The van der Waals surface area contributed by atoms with Crippen LogP contribution in [0.4, 0.5) is 0 Å². The van der Waals surface area contributed by atoms with Crippen LogP contribution in [0, 0.1) is 5.92 Å². The number of phenols is 1. The van der Waals surface area contributed by atoms with Crippen molar-refractivity contribution in [3.63, 3.8) is 0 Å². The third-order valence-corrected chi connectivity index (χ3v) is 5.47. The van der Waals surface area contributed by atoms with Gasteiger partial charge in [0.1, 0.15) is 11.5 Å². The fraction of sp³-hybridized carbons (Fsp3) is 0.611. The summed E-state index contributed by atoms with van der Waals surface area (Å²) in [6, 6.07) is 5.89. The standard InChI is InChI=1S/C18H24O2/c1-2-3-9-18-10-8-16(20)12-14(18)5-4-13-11-15(19)6-7-17(13)18/h6-7,11,14,19H,2-5,8-10,12H2,1H3. The molecule has 2 heteroatoms. The van der Waals surface area contributed by atoms with Crippen LogP contribution in [0.15, 0.2) is 18.2 Å². The van der Waals surface area contributed by atoms with Gasteiger partial charge in [-0.1, -0.05) is 25.8 Å². The fourth-order valence-electron chi connectivity index (χ4n) is 4.43. The summed E-state index contributed by atoms with van der Waals surface area (Å²) in [6.07, 6.45) is 8.25. The Hall–Kier alpha value is -1.31. The van der Waals surface area contributed by atoms with Crippen molar-refractivity contribution in [1.82, 2.24) is 0 Å². The minimum absolute atomic E-state index is 0.200. The second-order valence-corrected chi connectivity index (χ2v) is 6.58. The summed E-state index contributed by atoms with van der Waals surface area (Å²) < 4.78 is 0. The Morgan fingerprint density at radius 2 is 2.20 bits per heavy atom. The molecule has 0 aromatic heterocycles. The highest BCUT2D eigenvalue weighted by molar-refractivity contribution is 5.80. The molecule has 0 spiro atoms. The lowest BCUT2D eigenvalue weighted by atomic mass is 9.55.